The van der Waals surface area contributed by atoms with E-state index in [0.29, 0.717) is 23.5 Å². The average Bonchev–Trinajstić information content (AvgIpc) is 2.83. The van der Waals surface area contributed by atoms with Gasteiger partial charge in [0.25, 0.3) is 0 Å². The van der Waals surface area contributed by atoms with Crippen LogP contribution in [0, 0.1) is 40.4 Å². The third kappa shape index (κ3) is 3.51. The van der Waals surface area contributed by atoms with Crippen LogP contribution in [0.5, 0.6) is 5.75 Å². The molecule has 2 aliphatic rings. The van der Waals surface area contributed by atoms with Crippen molar-refractivity contribution in [1.82, 2.24) is 0 Å². The van der Waals surface area contributed by atoms with Crippen LogP contribution in [-0.4, -0.2) is 5.11 Å². The van der Waals surface area contributed by atoms with Gasteiger partial charge in [-0.25, -0.2) is 0 Å². The van der Waals surface area contributed by atoms with Crippen LogP contribution in [0.1, 0.15) is 89.3 Å². The fourth-order valence-corrected chi connectivity index (χ4v) is 6.23. The SMILES string of the molecule is CCc1cc2c(cc1O)CCC1CC(CC)C(C)(C(C)C(C)C#N)CCC21. The summed E-state index contributed by atoms with van der Waals surface area (Å²) in [5.74, 6) is 3.10. The van der Waals surface area contributed by atoms with Gasteiger partial charge in [-0.2, -0.15) is 5.26 Å². The Bertz CT molecular complexity index is 718. The highest BCUT2D eigenvalue weighted by Crippen LogP contribution is 2.55. The molecule has 0 amide bonds. The molecule has 0 aliphatic heterocycles. The van der Waals surface area contributed by atoms with Gasteiger partial charge in [0.2, 0.25) is 0 Å². The molecule has 1 aromatic rings. The van der Waals surface area contributed by atoms with Crippen molar-refractivity contribution >= 4 is 0 Å². The Kier molecular flexibility index (Phi) is 5.90. The molecular weight excluding hydrogens is 330 g/mol. The lowest BCUT2D eigenvalue weighted by atomic mass is 9.61. The van der Waals surface area contributed by atoms with E-state index in [1.165, 1.54) is 43.2 Å². The van der Waals surface area contributed by atoms with Crippen LogP contribution in [0.25, 0.3) is 0 Å². The number of benzene rings is 1. The lowest BCUT2D eigenvalue weighted by Gasteiger charge is -2.43. The summed E-state index contributed by atoms with van der Waals surface area (Å²) in [4.78, 5) is 0. The number of phenols is 1. The highest BCUT2D eigenvalue weighted by Gasteiger charge is 2.46. The Hall–Kier alpha value is -1.49. The van der Waals surface area contributed by atoms with Crippen LogP contribution in [0.2, 0.25) is 0 Å². The van der Waals surface area contributed by atoms with E-state index < -0.39 is 0 Å². The van der Waals surface area contributed by atoms with Gasteiger partial charge in [0.05, 0.1) is 6.07 Å². The van der Waals surface area contributed by atoms with Gasteiger partial charge in [-0.3, -0.25) is 0 Å². The molecule has 2 nitrogen and oxygen atoms in total. The maximum absolute atomic E-state index is 10.3. The standard InChI is InChI=1S/C25H37NO/c1-6-18-13-23-20(14-24(18)27)9-8-19-12-21(7-2)25(5,11-10-22(19)23)17(4)16(3)15-26/h13-14,16-17,19,21-22,27H,6-12H2,1-5H3. The summed E-state index contributed by atoms with van der Waals surface area (Å²) in [5.41, 5.74) is 4.23. The molecule has 6 unspecified atom stereocenters. The largest absolute Gasteiger partial charge is 0.508 e. The van der Waals surface area contributed by atoms with Crippen molar-refractivity contribution in [2.24, 2.45) is 29.1 Å². The minimum Gasteiger partial charge on any atom is -0.508 e. The topological polar surface area (TPSA) is 44.0 Å². The second-order valence-electron chi connectivity index (χ2n) is 9.53. The minimum atomic E-state index is 0.111. The molecule has 0 bridgehead atoms. The number of aromatic hydroxyl groups is 1. The van der Waals surface area contributed by atoms with Gasteiger partial charge in [0.1, 0.15) is 5.75 Å². The van der Waals surface area contributed by atoms with E-state index >= 15 is 0 Å². The van der Waals surface area contributed by atoms with Crippen molar-refractivity contribution in [1.29, 1.82) is 5.26 Å². The van der Waals surface area contributed by atoms with E-state index in [1.807, 2.05) is 6.07 Å². The number of hydrogen-bond donors (Lipinski definition) is 1. The molecule has 1 fully saturated rings. The average molecular weight is 368 g/mol. The smallest absolute Gasteiger partial charge is 0.119 e. The van der Waals surface area contributed by atoms with Gasteiger partial charge in [-0.1, -0.05) is 40.2 Å². The van der Waals surface area contributed by atoms with Crippen LogP contribution in [0.15, 0.2) is 12.1 Å². The molecule has 2 aliphatic carbocycles. The molecule has 1 N–H and O–H groups in total. The fraction of sp³-hybridized carbons (Fsp3) is 0.720. The molecule has 0 spiro atoms. The summed E-state index contributed by atoms with van der Waals surface area (Å²) in [6.07, 6.45) is 8.18. The van der Waals surface area contributed by atoms with Crippen molar-refractivity contribution < 1.29 is 5.11 Å². The molecule has 148 valence electrons. The van der Waals surface area contributed by atoms with Crippen LogP contribution in [0.3, 0.4) is 0 Å². The second kappa shape index (κ2) is 7.86. The summed E-state index contributed by atoms with van der Waals surface area (Å²) < 4.78 is 0. The first-order valence-corrected chi connectivity index (χ1v) is 11.1. The molecular formula is C25H37NO. The Morgan fingerprint density at radius 1 is 1.26 bits per heavy atom. The summed E-state index contributed by atoms with van der Waals surface area (Å²) in [6.45, 7) is 11.4. The van der Waals surface area contributed by atoms with Crippen LogP contribution < -0.4 is 0 Å². The highest BCUT2D eigenvalue weighted by atomic mass is 16.3. The van der Waals surface area contributed by atoms with E-state index in [1.54, 1.807) is 0 Å². The third-order valence-electron chi connectivity index (χ3n) is 8.47. The summed E-state index contributed by atoms with van der Waals surface area (Å²) >= 11 is 0. The maximum Gasteiger partial charge on any atom is 0.119 e. The number of rotatable bonds is 4. The lowest BCUT2D eigenvalue weighted by molar-refractivity contribution is 0.0631. The quantitative estimate of drug-likeness (QED) is 0.650. The van der Waals surface area contributed by atoms with Gasteiger partial charge in [0.15, 0.2) is 0 Å². The Morgan fingerprint density at radius 3 is 2.63 bits per heavy atom. The van der Waals surface area contributed by atoms with Crippen molar-refractivity contribution in [2.45, 2.75) is 85.5 Å². The van der Waals surface area contributed by atoms with Gasteiger partial charge >= 0.3 is 0 Å². The molecule has 1 saturated carbocycles. The molecule has 1 aromatic carbocycles. The van der Waals surface area contributed by atoms with E-state index in [4.69, 9.17) is 0 Å². The Labute approximate surface area is 166 Å². The predicted molar refractivity (Wildman–Crippen MR) is 112 cm³/mol. The van der Waals surface area contributed by atoms with Crippen molar-refractivity contribution in [3.05, 3.63) is 28.8 Å². The summed E-state index contributed by atoms with van der Waals surface area (Å²) in [7, 11) is 0. The monoisotopic (exact) mass is 367 g/mol. The Morgan fingerprint density at radius 2 is 2.00 bits per heavy atom. The van der Waals surface area contributed by atoms with Gasteiger partial charge in [0, 0.05) is 5.92 Å². The van der Waals surface area contributed by atoms with E-state index in [9.17, 15) is 10.4 Å². The third-order valence-corrected chi connectivity index (χ3v) is 8.47. The molecule has 0 radical (unpaired) electrons. The van der Waals surface area contributed by atoms with E-state index in [2.05, 4.69) is 46.8 Å². The van der Waals surface area contributed by atoms with E-state index in [0.717, 1.165) is 24.3 Å². The molecule has 0 aromatic heterocycles. The zero-order chi connectivity index (χ0) is 19.8. The number of aryl methyl sites for hydroxylation is 2. The van der Waals surface area contributed by atoms with Crippen LogP contribution in [0.4, 0.5) is 0 Å². The van der Waals surface area contributed by atoms with Crippen molar-refractivity contribution in [3.63, 3.8) is 0 Å². The van der Waals surface area contributed by atoms with Crippen LogP contribution in [-0.2, 0) is 12.8 Å². The lowest BCUT2D eigenvalue weighted by Crippen LogP contribution is -2.36. The maximum atomic E-state index is 10.3. The first-order chi connectivity index (χ1) is 12.8. The zero-order valence-electron chi connectivity index (χ0n) is 17.9. The number of nitriles is 1. The van der Waals surface area contributed by atoms with Gasteiger partial charge in [-0.15, -0.1) is 0 Å². The predicted octanol–water partition coefficient (Wildman–Crippen LogP) is 6.61. The summed E-state index contributed by atoms with van der Waals surface area (Å²) in [5, 5.41) is 19.8. The number of nitrogens with zero attached hydrogens (tertiary/aromatic N) is 1. The molecule has 2 heteroatoms. The van der Waals surface area contributed by atoms with Crippen molar-refractivity contribution in [2.75, 3.05) is 0 Å². The number of hydrogen-bond acceptors (Lipinski definition) is 2. The zero-order valence-corrected chi connectivity index (χ0v) is 17.9. The fourth-order valence-electron chi connectivity index (χ4n) is 6.23. The van der Waals surface area contributed by atoms with E-state index in [-0.39, 0.29) is 11.3 Å². The second-order valence-corrected chi connectivity index (χ2v) is 9.53. The summed E-state index contributed by atoms with van der Waals surface area (Å²) in [6, 6.07) is 6.88. The van der Waals surface area contributed by atoms with Gasteiger partial charge < -0.3 is 5.11 Å². The molecule has 27 heavy (non-hydrogen) atoms. The Balaban J connectivity index is 1.96. The minimum absolute atomic E-state index is 0.111. The normalized spacial score (nSPS) is 32.5. The first-order valence-electron chi connectivity index (χ1n) is 11.1. The number of phenolic OH excluding ortho intramolecular Hbond substituents is 1. The van der Waals surface area contributed by atoms with Crippen LogP contribution >= 0.6 is 0 Å². The molecule has 0 heterocycles. The highest BCUT2D eigenvalue weighted by molar-refractivity contribution is 5.45. The van der Waals surface area contributed by atoms with Gasteiger partial charge in [-0.05, 0) is 97.3 Å². The number of fused-ring (bicyclic) bond motifs is 3. The molecule has 0 saturated heterocycles. The van der Waals surface area contributed by atoms with Crippen molar-refractivity contribution in [3.8, 4) is 11.8 Å². The molecule has 6 atom stereocenters. The molecule has 3 rings (SSSR count). The first kappa shape index (κ1) is 20.2.